The Labute approximate surface area is 194 Å². The summed E-state index contributed by atoms with van der Waals surface area (Å²) in [6.07, 6.45) is 0.537. The Morgan fingerprint density at radius 1 is 1.03 bits per heavy atom. The lowest BCUT2D eigenvalue weighted by molar-refractivity contribution is -0.144. The Morgan fingerprint density at radius 2 is 1.62 bits per heavy atom. The van der Waals surface area contributed by atoms with E-state index in [0.717, 1.165) is 10.5 Å². The lowest BCUT2D eigenvalue weighted by Gasteiger charge is -2.32. The summed E-state index contributed by atoms with van der Waals surface area (Å²) >= 11 is 1.64. The highest BCUT2D eigenvalue weighted by Gasteiger charge is 2.47. The normalized spacial score (nSPS) is 18.2. The molecule has 1 fully saturated rings. The smallest absolute Gasteiger partial charge is 0.429 e. The molecule has 0 aromatic heterocycles. The first kappa shape index (κ1) is 25.8. The molecule has 0 aliphatic carbocycles. The molecule has 1 aromatic rings. The summed E-state index contributed by atoms with van der Waals surface area (Å²) in [5, 5.41) is 2.58. The van der Waals surface area contributed by atoms with Crippen molar-refractivity contribution in [1.82, 2.24) is 10.0 Å². The average Bonchev–Trinajstić information content (AvgIpc) is 3.06. The van der Waals surface area contributed by atoms with Gasteiger partial charge in [0.1, 0.15) is 0 Å². The molecule has 0 radical (unpaired) electrons. The Morgan fingerprint density at radius 3 is 2.16 bits per heavy atom. The second-order valence-corrected chi connectivity index (χ2v) is 9.06. The highest BCUT2D eigenvalue weighted by molar-refractivity contribution is 7.98. The van der Waals surface area contributed by atoms with E-state index in [-0.39, 0.29) is 43.7 Å². The summed E-state index contributed by atoms with van der Waals surface area (Å²) in [6, 6.07) is 7.54. The van der Waals surface area contributed by atoms with Crippen molar-refractivity contribution < 1.29 is 28.6 Å². The number of benzene rings is 1. The van der Waals surface area contributed by atoms with Crippen molar-refractivity contribution in [2.24, 2.45) is 5.92 Å². The molecule has 32 heavy (non-hydrogen) atoms. The summed E-state index contributed by atoms with van der Waals surface area (Å²) in [7, 11) is 0. The molecular formula is C23H34N2O6S. The molecule has 0 bridgehead atoms. The molecule has 2 rings (SSSR count). The minimum absolute atomic E-state index is 0.0817. The highest BCUT2D eigenvalue weighted by atomic mass is 32.2. The molecular weight excluding hydrogens is 432 g/mol. The zero-order valence-corrected chi connectivity index (χ0v) is 20.5. The molecule has 0 spiro atoms. The predicted molar refractivity (Wildman–Crippen MR) is 122 cm³/mol. The first-order valence-electron chi connectivity index (χ1n) is 10.9. The number of hydrogen-bond donors (Lipinski definition) is 0. The van der Waals surface area contributed by atoms with E-state index in [1.807, 2.05) is 30.5 Å². The summed E-state index contributed by atoms with van der Waals surface area (Å²) in [5.74, 6) is -0.690. The third-order valence-electron chi connectivity index (χ3n) is 4.93. The van der Waals surface area contributed by atoms with Gasteiger partial charge in [0.15, 0.2) is 0 Å². The third-order valence-corrected chi connectivity index (χ3v) is 5.68. The van der Waals surface area contributed by atoms with Crippen molar-refractivity contribution >= 4 is 29.9 Å². The molecule has 2 amide bonds. The molecule has 0 unspecified atom stereocenters. The minimum Gasteiger partial charge on any atom is -0.466 e. The zero-order valence-electron chi connectivity index (χ0n) is 19.7. The van der Waals surface area contributed by atoms with Crippen molar-refractivity contribution in [3.05, 3.63) is 29.8 Å². The molecule has 0 saturated carbocycles. The van der Waals surface area contributed by atoms with Crippen molar-refractivity contribution in [2.45, 2.75) is 70.6 Å². The maximum Gasteiger partial charge on any atom is 0.429 e. The quantitative estimate of drug-likeness (QED) is 0.316. The van der Waals surface area contributed by atoms with Crippen LogP contribution in [-0.2, 0) is 25.4 Å². The molecule has 9 heteroatoms. The van der Waals surface area contributed by atoms with Crippen LogP contribution in [0, 0.1) is 5.92 Å². The second-order valence-electron chi connectivity index (χ2n) is 8.18. The van der Waals surface area contributed by atoms with Crippen molar-refractivity contribution in [2.75, 3.05) is 19.4 Å². The van der Waals surface area contributed by atoms with Gasteiger partial charge < -0.3 is 14.2 Å². The lowest BCUT2D eigenvalue weighted by atomic mass is 9.92. The predicted octanol–water partition coefficient (Wildman–Crippen LogP) is 4.51. The Balaban J connectivity index is 2.39. The Hall–Kier alpha value is -2.42. The molecule has 1 aliphatic heterocycles. The topological polar surface area (TPSA) is 85.4 Å². The minimum atomic E-state index is -0.644. The number of esters is 1. The van der Waals surface area contributed by atoms with E-state index in [2.05, 4.69) is 0 Å². The third kappa shape index (κ3) is 7.05. The maximum absolute atomic E-state index is 13.0. The fourth-order valence-electron chi connectivity index (χ4n) is 3.62. The molecule has 8 nitrogen and oxygen atoms in total. The van der Waals surface area contributed by atoms with Crippen LogP contribution in [0.25, 0.3) is 0 Å². The van der Waals surface area contributed by atoms with Gasteiger partial charge in [-0.05, 0) is 65.0 Å². The average molecular weight is 467 g/mol. The number of amides is 2. The molecule has 1 aromatic carbocycles. The van der Waals surface area contributed by atoms with Crippen molar-refractivity contribution in [1.29, 1.82) is 0 Å². The van der Waals surface area contributed by atoms with Crippen LogP contribution in [0.15, 0.2) is 29.2 Å². The molecule has 2 atom stereocenters. The van der Waals surface area contributed by atoms with Crippen LogP contribution in [0.3, 0.4) is 0 Å². The van der Waals surface area contributed by atoms with Gasteiger partial charge in [-0.1, -0.05) is 12.1 Å². The summed E-state index contributed by atoms with van der Waals surface area (Å²) < 4.78 is 16.0. The first-order chi connectivity index (χ1) is 15.2. The van der Waals surface area contributed by atoms with Crippen LogP contribution in [-0.4, -0.2) is 65.8 Å². The van der Waals surface area contributed by atoms with Gasteiger partial charge in [-0.25, -0.2) is 19.6 Å². The van der Waals surface area contributed by atoms with Gasteiger partial charge in [0.25, 0.3) is 0 Å². The van der Waals surface area contributed by atoms with Crippen molar-refractivity contribution in [3.8, 4) is 0 Å². The first-order valence-corrected chi connectivity index (χ1v) is 12.1. The van der Waals surface area contributed by atoms with Gasteiger partial charge in [0.2, 0.25) is 0 Å². The van der Waals surface area contributed by atoms with E-state index < -0.39 is 18.2 Å². The standard InChI is InChI=1S/C23H34N2O6S/c1-7-29-21(26)13-18-14-24(22(27)30-15(2)3)25(23(28)31-16(4)5)20(18)12-17-8-10-19(32-6)11-9-17/h8-11,15-16,18,20H,7,12-14H2,1-6H3/t18-,20+/m0/s1. The van der Waals surface area contributed by atoms with Gasteiger partial charge in [0, 0.05) is 10.8 Å². The van der Waals surface area contributed by atoms with E-state index in [0.29, 0.717) is 6.42 Å². The number of hydrazine groups is 1. The fraction of sp³-hybridized carbons (Fsp3) is 0.609. The van der Waals surface area contributed by atoms with Gasteiger partial charge in [-0.2, -0.15) is 0 Å². The van der Waals surface area contributed by atoms with Gasteiger partial charge in [-0.3, -0.25) is 4.79 Å². The number of hydrogen-bond acceptors (Lipinski definition) is 7. The Kier molecular flexibility index (Phi) is 9.68. The Bertz CT molecular complexity index is 783. The highest BCUT2D eigenvalue weighted by Crippen LogP contribution is 2.32. The number of ether oxygens (including phenoxy) is 3. The number of carbonyl (C=O) groups excluding carboxylic acids is 3. The number of thioether (sulfide) groups is 1. The summed E-state index contributed by atoms with van der Waals surface area (Å²) in [6.45, 7) is 9.15. The molecule has 0 N–H and O–H groups in total. The van der Waals surface area contributed by atoms with Crippen molar-refractivity contribution in [3.63, 3.8) is 0 Å². The van der Waals surface area contributed by atoms with Crippen LogP contribution in [0.5, 0.6) is 0 Å². The fourth-order valence-corrected chi connectivity index (χ4v) is 4.02. The van der Waals surface area contributed by atoms with Crippen LogP contribution in [0.2, 0.25) is 0 Å². The summed E-state index contributed by atoms with van der Waals surface area (Å²) in [5.41, 5.74) is 0.989. The van der Waals surface area contributed by atoms with E-state index in [1.165, 1.54) is 10.0 Å². The lowest BCUT2D eigenvalue weighted by Crippen LogP contribution is -2.50. The van der Waals surface area contributed by atoms with Crippen LogP contribution in [0.1, 0.15) is 46.6 Å². The molecule has 178 valence electrons. The SMILES string of the molecule is CCOC(=O)C[C@H]1CN(C(=O)OC(C)C)N(C(=O)OC(C)C)[C@@H]1Cc1ccc(SC)cc1. The monoisotopic (exact) mass is 466 g/mol. The number of rotatable bonds is 8. The molecule has 1 aliphatic rings. The van der Waals surface area contributed by atoms with E-state index in [1.54, 1.807) is 46.4 Å². The van der Waals surface area contributed by atoms with Gasteiger partial charge >= 0.3 is 18.2 Å². The van der Waals surface area contributed by atoms with E-state index in [4.69, 9.17) is 14.2 Å². The van der Waals surface area contributed by atoms with Crippen LogP contribution in [0.4, 0.5) is 9.59 Å². The summed E-state index contributed by atoms with van der Waals surface area (Å²) in [4.78, 5) is 39.3. The molecule has 1 saturated heterocycles. The maximum atomic E-state index is 13.0. The molecule has 1 heterocycles. The van der Waals surface area contributed by atoms with E-state index >= 15 is 0 Å². The van der Waals surface area contributed by atoms with E-state index in [9.17, 15) is 14.4 Å². The van der Waals surface area contributed by atoms with Crippen LogP contribution < -0.4 is 0 Å². The second kappa shape index (κ2) is 12.0. The van der Waals surface area contributed by atoms with Gasteiger partial charge in [0.05, 0.1) is 37.8 Å². The largest absolute Gasteiger partial charge is 0.466 e. The number of nitrogens with zero attached hydrogens (tertiary/aromatic N) is 2. The number of carbonyl (C=O) groups is 3. The van der Waals surface area contributed by atoms with Crippen LogP contribution >= 0.6 is 11.8 Å². The zero-order chi connectivity index (χ0) is 23.8. The van der Waals surface area contributed by atoms with Gasteiger partial charge in [-0.15, -0.1) is 11.8 Å².